The summed E-state index contributed by atoms with van der Waals surface area (Å²) < 4.78 is 17.6. The summed E-state index contributed by atoms with van der Waals surface area (Å²) in [4.78, 5) is 38.1. The van der Waals surface area contributed by atoms with E-state index in [9.17, 15) is 50.1 Å². The summed E-state index contributed by atoms with van der Waals surface area (Å²) in [6.07, 6.45) is 6.04. The molecule has 0 fully saturated rings. The van der Waals surface area contributed by atoms with Crippen molar-refractivity contribution in [3.05, 3.63) is 100 Å². The van der Waals surface area contributed by atoms with Gasteiger partial charge >= 0.3 is 0 Å². The van der Waals surface area contributed by atoms with Crippen molar-refractivity contribution in [3.63, 3.8) is 0 Å². The standard InChI is InChI=1S/C39H36N2O13/c42-26-8-3-22(17-29(26)45)5-11-34(49)40-13-1-15-52-25-20-32(48)36-33(21-25)54-38(24-7-10-28(44)31(47)19-24)39(37(36)51)53-16-2-14-41-35(50)12-6-23-4-9-27(43)30(46)18-23/h3-12,17-21,42-48H,1-2,13-16H2,(H,40,49)(H,41,50)/b11-5+,12-6+. The molecule has 5 rings (SSSR count). The third-order valence-electron chi connectivity index (χ3n) is 7.75. The zero-order valence-corrected chi connectivity index (χ0v) is 28.5. The zero-order valence-electron chi connectivity index (χ0n) is 28.5. The third kappa shape index (κ3) is 9.73. The maximum atomic E-state index is 13.7. The molecule has 54 heavy (non-hydrogen) atoms. The normalized spacial score (nSPS) is 11.3. The fraction of sp³-hybridized carbons (Fsp3) is 0.154. The molecule has 0 aliphatic heterocycles. The molecular weight excluding hydrogens is 704 g/mol. The summed E-state index contributed by atoms with van der Waals surface area (Å²) in [6.45, 7) is 0.421. The molecule has 5 aromatic rings. The Morgan fingerprint density at radius 3 is 1.67 bits per heavy atom. The van der Waals surface area contributed by atoms with Crippen molar-refractivity contribution in [3.8, 4) is 63.1 Å². The molecule has 4 aromatic carbocycles. The lowest BCUT2D eigenvalue weighted by molar-refractivity contribution is -0.117. The van der Waals surface area contributed by atoms with Crippen molar-refractivity contribution in [2.24, 2.45) is 0 Å². The smallest absolute Gasteiger partial charge is 0.244 e. The summed E-state index contributed by atoms with van der Waals surface area (Å²) >= 11 is 0. The Hall–Kier alpha value is -7.29. The molecular formula is C39H36N2O13. The number of hydrogen-bond acceptors (Lipinski definition) is 13. The predicted octanol–water partition coefficient (Wildman–Crippen LogP) is 4.60. The van der Waals surface area contributed by atoms with Crippen molar-refractivity contribution in [1.29, 1.82) is 0 Å². The topological polar surface area (TPSA) is 248 Å². The molecule has 0 saturated carbocycles. The average Bonchev–Trinajstić information content (AvgIpc) is 3.14. The molecule has 0 unspecified atom stereocenters. The molecule has 0 atom stereocenters. The van der Waals surface area contributed by atoms with Crippen LogP contribution in [0.15, 0.2) is 88.1 Å². The Bertz CT molecular complexity index is 2300. The number of amides is 2. The second-order valence-electron chi connectivity index (χ2n) is 11.8. The molecule has 15 nitrogen and oxygen atoms in total. The first-order valence-electron chi connectivity index (χ1n) is 16.5. The number of aromatic hydroxyl groups is 7. The van der Waals surface area contributed by atoms with Crippen LogP contribution in [0.1, 0.15) is 24.0 Å². The number of rotatable bonds is 15. The molecule has 15 heteroatoms. The van der Waals surface area contributed by atoms with E-state index in [-0.39, 0.29) is 89.5 Å². The molecule has 0 aliphatic carbocycles. The lowest BCUT2D eigenvalue weighted by atomic mass is 10.1. The van der Waals surface area contributed by atoms with Gasteiger partial charge in [0.05, 0.1) is 13.2 Å². The predicted molar refractivity (Wildman–Crippen MR) is 197 cm³/mol. The van der Waals surface area contributed by atoms with E-state index in [1.807, 2.05) is 0 Å². The van der Waals surface area contributed by atoms with Gasteiger partial charge in [0.25, 0.3) is 0 Å². The Labute approximate surface area is 306 Å². The highest BCUT2D eigenvalue weighted by Gasteiger charge is 2.22. The zero-order chi connectivity index (χ0) is 38.8. The molecule has 2 amide bonds. The molecule has 1 heterocycles. The maximum absolute atomic E-state index is 13.7. The van der Waals surface area contributed by atoms with E-state index in [1.165, 1.54) is 91.0 Å². The molecule has 9 N–H and O–H groups in total. The van der Waals surface area contributed by atoms with Crippen molar-refractivity contribution in [2.45, 2.75) is 12.8 Å². The van der Waals surface area contributed by atoms with Crippen molar-refractivity contribution in [2.75, 3.05) is 26.3 Å². The average molecular weight is 741 g/mol. The van der Waals surface area contributed by atoms with Crippen LogP contribution in [0.2, 0.25) is 0 Å². The number of ether oxygens (including phenoxy) is 2. The summed E-state index contributed by atoms with van der Waals surface area (Å²) in [5, 5.41) is 74.0. The largest absolute Gasteiger partial charge is 0.507 e. The monoisotopic (exact) mass is 740 g/mol. The minimum Gasteiger partial charge on any atom is -0.507 e. The Morgan fingerprint density at radius 1 is 0.611 bits per heavy atom. The van der Waals surface area contributed by atoms with E-state index in [4.69, 9.17) is 13.9 Å². The van der Waals surface area contributed by atoms with Crippen LogP contribution >= 0.6 is 0 Å². The van der Waals surface area contributed by atoms with Crippen molar-refractivity contribution in [1.82, 2.24) is 10.6 Å². The second-order valence-corrected chi connectivity index (χ2v) is 11.8. The van der Waals surface area contributed by atoms with Gasteiger partial charge in [0.1, 0.15) is 22.5 Å². The lowest BCUT2D eigenvalue weighted by Crippen LogP contribution is -2.24. The van der Waals surface area contributed by atoms with E-state index in [1.54, 1.807) is 0 Å². The maximum Gasteiger partial charge on any atom is 0.244 e. The molecule has 0 saturated heterocycles. The number of fused-ring (bicyclic) bond motifs is 1. The summed E-state index contributed by atoms with van der Waals surface area (Å²) in [6, 6.07) is 14.6. The number of phenolic OH excluding ortho intramolecular Hbond substituents is 7. The van der Waals surface area contributed by atoms with Gasteiger partial charge in [0, 0.05) is 42.9 Å². The van der Waals surface area contributed by atoms with Crippen LogP contribution in [0.5, 0.6) is 51.7 Å². The van der Waals surface area contributed by atoms with Gasteiger partial charge in [-0.25, -0.2) is 0 Å². The van der Waals surface area contributed by atoms with Gasteiger partial charge in [-0.1, -0.05) is 12.1 Å². The highest BCUT2D eigenvalue weighted by atomic mass is 16.5. The number of carbonyl (C=O) groups is 2. The van der Waals surface area contributed by atoms with Crippen LogP contribution in [0.25, 0.3) is 34.4 Å². The van der Waals surface area contributed by atoms with Crippen LogP contribution in [0, 0.1) is 0 Å². The highest BCUT2D eigenvalue weighted by molar-refractivity contribution is 5.92. The quantitative estimate of drug-likeness (QED) is 0.0405. The van der Waals surface area contributed by atoms with Gasteiger partial charge in [-0.15, -0.1) is 0 Å². The Kier molecular flexibility index (Phi) is 12.1. The fourth-order valence-electron chi connectivity index (χ4n) is 5.01. The number of nitrogens with one attached hydrogen (secondary N) is 2. The van der Waals surface area contributed by atoms with Crippen LogP contribution < -0.4 is 25.5 Å². The van der Waals surface area contributed by atoms with Crippen molar-refractivity contribution < 1.29 is 59.2 Å². The van der Waals surface area contributed by atoms with E-state index in [0.717, 1.165) is 0 Å². The van der Waals surface area contributed by atoms with E-state index in [2.05, 4.69) is 10.6 Å². The van der Waals surface area contributed by atoms with Gasteiger partial charge in [-0.3, -0.25) is 14.4 Å². The van der Waals surface area contributed by atoms with Gasteiger partial charge in [0.15, 0.2) is 40.3 Å². The SMILES string of the molecule is O=C(/C=C/c1ccc(O)c(O)c1)NCCCOc1cc(O)c2c(=O)c(OCCCNC(=O)/C=C/c3ccc(O)c(O)c3)c(-c3ccc(O)c(O)c3)oc2c1. The third-order valence-corrected chi connectivity index (χ3v) is 7.75. The fourth-order valence-corrected chi connectivity index (χ4v) is 5.01. The Balaban J connectivity index is 1.22. The van der Waals surface area contributed by atoms with Gasteiger partial charge < -0.3 is 60.3 Å². The number of hydrogen-bond donors (Lipinski definition) is 9. The first kappa shape index (κ1) is 38.0. The molecule has 1 aromatic heterocycles. The highest BCUT2D eigenvalue weighted by Crippen LogP contribution is 2.38. The van der Waals surface area contributed by atoms with E-state index in [0.29, 0.717) is 17.5 Å². The molecule has 0 bridgehead atoms. The van der Waals surface area contributed by atoms with Crippen LogP contribution in [-0.2, 0) is 9.59 Å². The van der Waals surface area contributed by atoms with Gasteiger partial charge in [-0.05, 0) is 78.6 Å². The van der Waals surface area contributed by atoms with E-state index >= 15 is 0 Å². The van der Waals surface area contributed by atoms with E-state index < -0.39 is 34.5 Å². The first-order chi connectivity index (χ1) is 25.9. The second kappa shape index (κ2) is 17.3. The minimum atomic E-state index is -0.731. The van der Waals surface area contributed by atoms with Crippen LogP contribution in [-0.4, -0.2) is 73.9 Å². The Morgan fingerprint density at radius 2 is 1.13 bits per heavy atom. The molecule has 280 valence electrons. The number of phenols is 7. The van der Waals surface area contributed by atoms with Gasteiger partial charge in [0.2, 0.25) is 23.0 Å². The summed E-state index contributed by atoms with van der Waals surface area (Å²) in [5.41, 5.74) is 0.382. The minimum absolute atomic E-state index is 0.0652. The molecule has 0 radical (unpaired) electrons. The summed E-state index contributed by atoms with van der Waals surface area (Å²) in [7, 11) is 0. The first-order valence-corrected chi connectivity index (χ1v) is 16.5. The molecule has 0 aliphatic rings. The van der Waals surface area contributed by atoms with Crippen molar-refractivity contribution >= 4 is 34.9 Å². The lowest BCUT2D eigenvalue weighted by Gasteiger charge is -2.14. The number of carbonyl (C=O) groups excluding carboxylic acids is 2. The van der Waals surface area contributed by atoms with Gasteiger partial charge in [-0.2, -0.15) is 0 Å². The van der Waals surface area contributed by atoms with Crippen LogP contribution in [0.3, 0.4) is 0 Å². The number of benzene rings is 4. The molecule has 0 spiro atoms. The van der Waals surface area contributed by atoms with Crippen LogP contribution in [0.4, 0.5) is 0 Å². The summed E-state index contributed by atoms with van der Waals surface area (Å²) in [5.74, 6) is -3.63.